The van der Waals surface area contributed by atoms with Gasteiger partial charge in [-0.3, -0.25) is 9.89 Å². The van der Waals surface area contributed by atoms with Crippen molar-refractivity contribution in [3.05, 3.63) is 72.2 Å². The number of para-hydroxylation sites is 1. The first-order valence-corrected chi connectivity index (χ1v) is 9.16. The van der Waals surface area contributed by atoms with Crippen LogP contribution in [0.3, 0.4) is 0 Å². The highest BCUT2D eigenvalue weighted by atomic mass is 16.2. The zero-order chi connectivity index (χ0) is 18.2. The Kier molecular flexibility index (Phi) is 3.74. The molecule has 0 bridgehead atoms. The number of nitrogens with one attached hydrogen (secondary N) is 2. The third-order valence-electron chi connectivity index (χ3n) is 5.18. The molecule has 3 heterocycles. The molecule has 0 saturated carbocycles. The number of aromatic amines is 2. The van der Waals surface area contributed by atoms with Gasteiger partial charge in [0, 0.05) is 29.2 Å². The molecule has 0 spiro atoms. The van der Waals surface area contributed by atoms with Crippen molar-refractivity contribution in [2.75, 3.05) is 6.54 Å². The molecule has 2 N–H and O–H groups in total. The lowest BCUT2D eigenvalue weighted by Gasteiger charge is -2.22. The Bertz CT molecular complexity index is 1100. The van der Waals surface area contributed by atoms with Crippen LogP contribution in [0.5, 0.6) is 0 Å². The number of H-pyrrole nitrogens is 2. The van der Waals surface area contributed by atoms with E-state index >= 15 is 0 Å². The highest BCUT2D eigenvalue weighted by Crippen LogP contribution is 2.33. The van der Waals surface area contributed by atoms with Crippen molar-refractivity contribution >= 4 is 16.8 Å². The van der Waals surface area contributed by atoms with Crippen LogP contribution in [0.2, 0.25) is 0 Å². The van der Waals surface area contributed by atoms with E-state index in [4.69, 9.17) is 0 Å². The van der Waals surface area contributed by atoms with Gasteiger partial charge in [0.15, 0.2) is 5.82 Å². The number of rotatable bonds is 3. The number of carbonyl (C=O) groups excluding carboxylic acids is 1. The van der Waals surface area contributed by atoms with Crippen LogP contribution in [0.25, 0.3) is 22.3 Å². The molecule has 1 atom stereocenters. The van der Waals surface area contributed by atoms with Crippen molar-refractivity contribution in [1.82, 2.24) is 25.1 Å². The summed E-state index contributed by atoms with van der Waals surface area (Å²) in [6.45, 7) is 0.727. The van der Waals surface area contributed by atoms with Gasteiger partial charge in [-0.1, -0.05) is 48.5 Å². The number of hydrogen-bond donors (Lipinski definition) is 2. The molecule has 6 heteroatoms. The van der Waals surface area contributed by atoms with Gasteiger partial charge in [-0.15, -0.1) is 0 Å². The molecule has 0 radical (unpaired) electrons. The summed E-state index contributed by atoms with van der Waals surface area (Å²) in [6, 6.07) is 17.7. The van der Waals surface area contributed by atoms with Crippen LogP contribution >= 0.6 is 0 Å². The molecule has 134 valence electrons. The zero-order valence-electron chi connectivity index (χ0n) is 14.7. The van der Waals surface area contributed by atoms with Crippen molar-refractivity contribution < 1.29 is 4.79 Å². The maximum Gasteiger partial charge on any atom is 0.256 e. The minimum absolute atomic E-state index is 0.0348. The van der Waals surface area contributed by atoms with Crippen LogP contribution < -0.4 is 0 Å². The summed E-state index contributed by atoms with van der Waals surface area (Å²) in [6.07, 6.45) is 3.65. The Morgan fingerprint density at radius 2 is 1.89 bits per heavy atom. The van der Waals surface area contributed by atoms with Gasteiger partial charge in [0.2, 0.25) is 0 Å². The van der Waals surface area contributed by atoms with Crippen LogP contribution in [-0.4, -0.2) is 37.5 Å². The molecule has 1 aliphatic heterocycles. The minimum atomic E-state index is -0.0730. The van der Waals surface area contributed by atoms with Crippen LogP contribution in [0.1, 0.15) is 35.1 Å². The third-order valence-corrected chi connectivity index (χ3v) is 5.18. The number of benzene rings is 2. The number of fused-ring (bicyclic) bond motifs is 1. The first-order valence-electron chi connectivity index (χ1n) is 9.16. The minimum Gasteiger partial charge on any atom is -0.360 e. The number of nitrogens with zero attached hydrogens (tertiary/aromatic N) is 3. The van der Waals surface area contributed by atoms with E-state index in [1.54, 1.807) is 6.20 Å². The van der Waals surface area contributed by atoms with Gasteiger partial charge in [-0.25, -0.2) is 4.98 Å². The Morgan fingerprint density at radius 1 is 1.07 bits per heavy atom. The van der Waals surface area contributed by atoms with E-state index in [2.05, 4.69) is 20.2 Å². The molecule has 1 fully saturated rings. The van der Waals surface area contributed by atoms with Crippen molar-refractivity contribution in [2.24, 2.45) is 0 Å². The average molecular weight is 357 g/mol. The lowest BCUT2D eigenvalue weighted by molar-refractivity contribution is 0.0732. The first kappa shape index (κ1) is 15.8. The van der Waals surface area contributed by atoms with Crippen LogP contribution in [0.4, 0.5) is 0 Å². The smallest absolute Gasteiger partial charge is 0.256 e. The van der Waals surface area contributed by atoms with Gasteiger partial charge >= 0.3 is 0 Å². The van der Waals surface area contributed by atoms with Gasteiger partial charge in [-0.2, -0.15) is 5.10 Å². The topological polar surface area (TPSA) is 77.7 Å². The molecule has 1 amide bonds. The summed E-state index contributed by atoms with van der Waals surface area (Å²) < 4.78 is 0. The van der Waals surface area contributed by atoms with Gasteiger partial charge in [0.1, 0.15) is 5.82 Å². The second-order valence-corrected chi connectivity index (χ2v) is 6.81. The van der Waals surface area contributed by atoms with Gasteiger partial charge in [0.25, 0.3) is 5.91 Å². The number of aromatic nitrogens is 4. The summed E-state index contributed by atoms with van der Waals surface area (Å²) in [7, 11) is 0. The Hall–Kier alpha value is -3.41. The van der Waals surface area contributed by atoms with Crippen LogP contribution in [0.15, 0.2) is 60.8 Å². The Balaban J connectivity index is 1.45. The second kappa shape index (κ2) is 6.39. The quantitative estimate of drug-likeness (QED) is 0.583. The molecule has 1 saturated heterocycles. The molecule has 27 heavy (non-hydrogen) atoms. The number of hydrogen-bond acceptors (Lipinski definition) is 3. The summed E-state index contributed by atoms with van der Waals surface area (Å²) in [5, 5.41) is 8.36. The molecule has 2 aromatic heterocycles. The molecule has 0 aliphatic carbocycles. The van der Waals surface area contributed by atoms with Crippen LogP contribution in [0, 0.1) is 0 Å². The number of carbonyl (C=O) groups is 1. The summed E-state index contributed by atoms with van der Waals surface area (Å²) >= 11 is 0. The average Bonchev–Trinajstić information content (AvgIpc) is 3.46. The van der Waals surface area contributed by atoms with Crippen molar-refractivity contribution in [2.45, 2.75) is 18.9 Å². The van der Waals surface area contributed by atoms with E-state index in [1.807, 2.05) is 59.5 Å². The normalized spacial score (nSPS) is 16.9. The molecule has 4 aromatic rings. The molecule has 5 rings (SSSR count). The summed E-state index contributed by atoms with van der Waals surface area (Å²) in [5.74, 6) is 1.45. The fourth-order valence-corrected chi connectivity index (χ4v) is 3.84. The van der Waals surface area contributed by atoms with Crippen molar-refractivity contribution in [1.29, 1.82) is 0 Å². The SMILES string of the molecule is O=C(c1c[nH]c2ccccc12)N1CCC[C@H]1c1nc(-c2ccccc2)n[nH]1. The van der Waals surface area contributed by atoms with E-state index in [0.717, 1.165) is 41.7 Å². The molecule has 0 unspecified atom stereocenters. The van der Waals surface area contributed by atoms with E-state index in [0.29, 0.717) is 11.4 Å². The van der Waals surface area contributed by atoms with E-state index < -0.39 is 0 Å². The molecular weight excluding hydrogens is 338 g/mol. The number of likely N-dealkylation sites (tertiary alicyclic amines) is 1. The fourth-order valence-electron chi connectivity index (χ4n) is 3.84. The van der Waals surface area contributed by atoms with Crippen molar-refractivity contribution in [3.8, 4) is 11.4 Å². The standard InChI is InChI=1S/C21H19N5O/c27-21(16-13-22-17-10-5-4-9-15(16)17)26-12-6-11-18(26)20-23-19(24-25-20)14-7-2-1-3-8-14/h1-5,7-10,13,18,22H,6,11-12H2,(H,23,24,25)/t18-/m0/s1. The zero-order valence-corrected chi connectivity index (χ0v) is 14.7. The highest BCUT2D eigenvalue weighted by Gasteiger charge is 2.33. The lowest BCUT2D eigenvalue weighted by atomic mass is 10.1. The largest absolute Gasteiger partial charge is 0.360 e. The van der Waals surface area contributed by atoms with Gasteiger partial charge in [0.05, 0.1) is 11.6 Å². The third kappa shape index (κ3) is 2.70. The monoisotopic (exact) mass is 357 g/mol. The Labute approximate surface area is 156 Å². The first-order chi connectivity index (χ1) is 13.3. The molecular formula is C21H19N5O. The van der Waals surface area contributed by atoms with Crippen molar-refractivity contribution in [3.63, 3.8) is 0 Å². The fraction of sp³-hybridized carbons (Fsp3) is 0.190. The molecule has 6 nitrogen and oxygen atoms in total. The summed E-state index contributed by atoms with van der Waals surface area (Å²) in [4.78, 5) is 23.0. The maximum absolute atomic E-state index is 13.2. The lowest BCUT2D eigenvalue weighted by Crippen LogP contribution is -2.31. The number of amides is 1. The highest BCUT2D eigenvalue weighted by molar-refractivity contribution is 6.06. The predicted octanol–water partition coefficient (Wildman–Crippen LogP) is 3.93. The predicted molar refractivity (Wildman–Crippen MR) is 103 cm³/mol. The summed E-state index contributed by atoms with van der Waals surface area (Å²) in [5.41, 5.74) is 2.65. The molecule has 2 aromatic carbocycles. The Morgan fingerprint density at radius 3 is 2.78 bits per heavy atom. The van der Waals surface area contributed by atoms with E-state index in [1.165, 1.54) is 0 Å². The maximum atomic E-state index is 13.2. The van der Waals surface area contributed by atoms with E-state index in [-0.39, 0.29) is 11.9 Å². The van der Waals surface area contributed by atoms with E-state index in [9.17, 15) is 4.79 Å². The van der Waals surface area contributed by atoms with Crippen LogP contribution in [-0.2, 0) is 0 Å². The molecule has 1 aliphatic rings. The second-order valence-electron chi connectivity index (χ2n) is 6.81. The van der Waals surface area contributed by atoms with Gasteiger partial charge < -0.3 is 9.88 Å². The van der Waals surface area contributed by atoms with Gasteiger partial charge in [-0.05, 0) is 18.9 Å².